The van der Waals surface area contributed by atoms with Crippen molar-refractivity contribution in [3.05, 3.63) is 40.9 Å². The van der Waals surface area contributed by atoms with Crippen LogP contribution in [0.1, 0.15) is 37.8 Å². The van der Waals surface area contributed by atoms with Crippen molar-refractivity contribution in [3.8, 4) is 10.6 Å². The summed E-state index contributed by atoms with van der Waals surface area (Å²) in [6.07, 6.45) is 8.51. The summed E-state index contributed by atoms with van der Waals surface area (Å²) in [6.45, 7) is 0.709. The molecule has 0 bridgehead atoms. The average molecular weight is 316 g/mol. The summed E-state index contributed by atoms with van der Waals surface area (Å²) < 4.78 is 5.28. The van der Waals surface area contributed by atoms with Crippen molar-refractivity contribution in [1.82, 2.24) is 10.5 Å². The maximum Gasteiger partial charge on any atom is 0.226 e. The molecule has 0 saturated heterocycles. The number of nitrogens with one attached hydrogen (secondary N) is 1. The summed E-state index contributed by atoms with van der Waals surface area (Å²) in [4.78, 5) is 13.0. The Morgan fingerprint density at radius 3 is 3.14 bits per heavy atom. The molecule has 1 N–H and O–H groups in total. The predicted octanol–water partition coefficient (Wildman–Crippen LogP) is 3.95. The smallest absolute Gasteiger partial charge is 0.226 e. The maximum absolute atomic E-state index is 11.9. The van der Waals surface area contributed by atoms with Crippen LogP contribution >= 0.6 is 11.3 Å². The van der Waals surface area contributed by atoms with E-state index in [1.165, 1.54) is 31.3 Å². The molecule has 0 aliphatic heterocycles. The van der Waals surface area contributed by atoms with Crippen LogP contribution in [0.25, 0.3) is 10.6 Å². The molecule has 116 valence electrons. The Labute approximate surface area is 134 Å². The lowest BCUT2D eigenvalue weighted by Crippen LogP contribution is -2.26. The molecule has 0 aromatic carbocycles. The van der Waals surface area contributed by atoms with Gasteiger partial charge in [-0.25, -0.2) is 0 Å². The predicted molar refractivity (Wildman–Crippen MR) is 87.7 cm³/mol. The highest BCUT2D eigenvalue weighted by Gasteiger charge is 2.11. The summed E-state index contributed by atoms with van der Waals surface area (Å²) >= 11 is 1.60. The van der Waals surface area contributed by atoms with E-state index < -0.39 is 0 Å². The number of allylic oxidation sites excluding steroid dienone is 1. The Bertz CT molecular complexity index is 643. The minimum Gasteiger partial charge on any atom is -0.355 e. The molecule has 1 aliphatic carbocycles. The van der Waals surface area contributed by atoms with Crippen molar-refractivity contribution in [3.63, 3.8) is 0 Å². The highest BCUT2D eigenvalue weighted by atomic mass is 32.1. The van der Waals surface area contributed by atoms with E-state index in [0.717, 1.165) is 17.1 Å². The number of thiophene rings is 1. The van der Waals surface area contributed by atoms with Gasteiger partial charge in [0.05, 0.1) is 17.0 Å². The highest BCUT2D eigenvalue weighted by Crippen LogP contribution is 2.25. The first-order valence-corrected chi connectivity index (χ1v) is 8.63. The Morgan fingerprint density at radius 2 is 2.36 bits per heavy atom. The highest BCUT2D eigenvalue weighted by molar-refractivity contribution is 7.13. The van der Waals surface area contributed by atoms with Gasteiger partial charge in [-0.1, -0.05) is 22.9 Å². The first-order valence-electron chi connectivity index (χ1n) is 7.75. The first-order chi connectivity index (χ1) is 10.8. The maximum atomic E-state index is 11.9. The van der Waals surface area contributed by atoms with Crippen LogP contribution in [0, 0.1) is 0 Å². The summed E-state index contributed by atoms with van der Waals surface area (Å²) in [7, 11) is 0. The molecule has 4 nitrogen and oxygen atoms in total. The van der Waals surface area contributed by atoms with Crippen LogP contribution in [0.4, 0.5) is 0 Å². The lowest BCUT2D eigenvalue weighted by atomic mass is 9.97. The van der Waals surface area contributed by atoms with Crippen LogP contribution in [-0.4, -0.2) is 17.6 Å². The zero-order valence-corrected chi connectivity index (χ0v) is 13.3. The van der Waals surface area contributed by atoms with Crippen LogP contribution < -0.4 is 5.32 Å². The number of hydrogen-bond donors (Lipinski definition) is 1. The number of nitrogens with zero attached hydrogens (tertiary/aromatic N) is 1. The van der Waals surface area contributed by atoms with Crippen LogP contribution in [0.2, 0.25) is 0 Å². The average Bonchev–Trinajstić information content (AvgIpc) is 3.19. The molecule has 2 heterocycles. The lowest BCUT2D eigenvalue weighted by Gasteiger charge is -2.12. The minimum absolute atomic E-state index is 0.00226. The van der Waals surface area contributed by atoms with Gasteiger partial charge >= 0.3 is 0 Å². The van der Waals surface area contributed by atoms with E-state index in [2.05, 4.69) is 16.5 Å². The normalized spacial score (nSPS) is 14.6. The van der Waals surface area contributed by atoms with Crippen molar-refractivity contribution < 1.29 is 9.32 Å². The Hall–Kier alpha value is -1.88. The van der Waals surface area contributed by atoms with E-state index in [4.69, 9.17) is 4.52 Å². The van der Waals surface area contributed by atoms with E-state index in [0.29, 0.717) is 12.2 Å². The van der Waals surface area contributed by atoms with Crippen molar-refractivity contribution in [2.24, 2.45) is 0 Å². The van der Waals surface area contributed by atoms with Crippen molar-refractivity contribution in [2.45, 2.75) is 38.5 Å². The molecule has 2 aromatic rings. The van der Waals surface area contributed by atoms with E-state index >= 15 is 0 Å². The quantitative estimate of drug-likeness (QED) is 0.821. The standard InChI is InChI=1S/C17H20N2O2S/c20-17(18-9-8-13-5-2-1-3-6-13)12-14-11-15(21-19-14)16-7-4-10-22-16/h4-5,7,10-11H,1-3,6,8-9,12H2,(H,18,20). The van der Waals surface area contributed by atoms with Gasteiger partial charge in [-0.2, -0.15) is 0 Å². The number of carbonyl (C=O) groups excluding carboxylic acids is 1. The summed E-state index contributed by atoms with van der Waals surface area (Å²) in [5.41, 5.74) is 2.16. The number of rotatable bonds is 6. The number of hydrogen-bond acceptors (Lipinski definition) is 4. The second-order valence-electron chi connectivity index (χ2n) is 5.54. The molecule has 0 radical (unpaired) electrons. The van der Waals surface area contributed by atoms with E-state index in [1.54, 1.807) is 11.3 Å². The van der Waals surface area contributed by atoms with Gasteiger partial charge < -0.3 is 9.84 Å². The SMILES string of the molecule is O=C(Cc1cc(-c2cccs2)on1)NCCC1=CCCCC1. The third kappa shape index (κ3) is 4.07. The molecule has 2 aromatic heterocycles. The minimum atomic E-state index is 0.00226. The molecule has 22 heavy (non-hydrogen) atoms. The molecule has 0 atom stereocenters. The Morgan fingerprint density at radius 1 is 1.41 bits per heavy atom. The van der Waals surface area contributed by atoms with Gasteiger partial charge in [0.15, 0.2) is 5.76 Å². The lowest BCUT2D eigenvalue weighted by molar-refractivity contribution is -0.120. The molecule has 1 aliphatic rings. The van der Waals surface area contributed by atoms with Crippen LogP contribution in [0.3, 0.4) is 0 Å². The fourth-order valence-corrected chi connectivity index (χ4v) is 3.32. The van der Waals surface area contributed by atoms with Crippen LogP contribution in [0.5, 0.6) is 0 Å². The molecule has 5 heteroatoms. The topological polar surface area (TPSA) is 55.1 Å². The molecule has 1 amide bonds. The van der Waals surface area contributed by atoms with Crippen LogP contribution in [-0.2, 0) is 11.2 Å². The molecule has 0 spiro atoms. The fraction of sp³-hybridized carbons (Fsp3) is 0.412. The molecular formula is C17H20N2O2S. The molecule has 0 saturated carbocycles. The third-order valence-electron chi connectivity index (χ3n) is 3.82. The zero-order chi connectivity index (χ0) is 15.2. The van der Waals surface area contributed by atoms with E-state index in [9.17, 15) is 4.79 Å². The van der Waals surface area contributed by atoms with Gasteiger partial charge in [0, 0.05) is 12.6 Å². The van der Waals surface area contributed by atoms with Crippen molar-refractivity contribution in [1.29, 1.82) is 0 Å². The van der Waals surface area contributed by atoms with E-state index in [-0.39, 0.29) is 12.3 Å². The van der Waals surface area contributed by atoms with Gasteiger partial charge in [0.25, 0.3) is 0 Å². The fourth-order valence-electron chi connectivity index (χ4n) is 2.65. The van der Waals surface area contributed by atoms with Gasteiger partial charge in [0.1, 0.15) is 0 Å². The summed E-state index contributed by atoms with van der Waals surface area (Å²) in [5, 5.41) is 8.92. The Kier molecular flexibility index (Phi) is 5.06. The van der Waals surface area contributed by atoms with Gasteiger partial charge in [-0.05, 0) is 43.6 Å². The van der Waals surface area contributed by atoms with E-state index in [1.807, 2.05) is 23.6 Å². The van der Waals surface area contributed by atoms with Gasteiger partial charge in [-0.15, -0.1) is 11.3 Å². The summed E-state index contributed by atoms with van der Waals surface area (Å²) in [6, 6.07) is 5.79. The largest absolute Gasteiger partial charge is 0.355 e. The van der Waals surface area contributed by atoms with Gasteiger partial charge in [0.2, 0.25) is 5.91 Å². The monoisotopic (exact) mass is 316 g/mol. The molecular weight excluding hydrogens is 296 g/mol. The Balaban J connectivity index is 1.44. The number of amides is 1. The molecule has 0 fully saturated rings. The molecule has 0 unspecified atom stereocenters. The molecule has 3 rings (SSSR count). The second kappa shape index (κ2) is 7.40. The van der Waals surface area contributed by atoms with Crippen molar-refractivity contribution >= 4 is 17.2 Å². The van der Waals surface area contributed by atoms with Crippen LogP contribution in [0.15, 0.2) is 39.8 Å². The third-order valence-corrected chi connectivity index (χ3v) is 4.70. The zero-order valence-electron chi connectivity index (χ0n) is 12.5. The number of carbonyl (C=O) groups is 1. The van der Waals surface area contributed by atoms with Crippen molar-refractivity contribution in [2.75, 3.05) is 6.54 Å². The van der Waals surface area contributed by atoms with Gasteiger partial charge in [-0.3, -0.25) is 4.79 Å². The first kappa shape index (κ1) is 15.0. The number of aromatic nitrogens is 1. The summed E-state index contributed by atoms with van der Waals surface area (Å²) in [5.74, 6) is 0.729. The second-order valence-corrected chi connectivity index (χ2v) is 6.49.